The SMILES string of the molecule is Cc1ccc(CN2CC(=O)N(C)c3cnc(-c4ccc(N5CCN(CCN6CCSCC6)CC5)cc4)nc32)c(F)c1. The highest BCUT2D eigenvalue weighted by Crippen LogP contribution is 2.34. The number of aromatic nitrogens is 2. The van der Waals surface area contributed by atoms with Gasteiger partial charge in [0.2, 0.25) is 5.91 Å². The van der Waals surface area contributed by atoms with Crippen LogP contribution in [0.15, 0.2) is 48.7 Å². The molecular formula is C31H38FN7OS. The summed E-state index contributed by atoms with van der Waals surface area (Å²) in [6.07, 6.45) is 1.70. The van der Waals surface area contributed by atoms with Gasteiger partial charge in [0.15, 0.2) is 11.6 Å². The van der Waals surface area contributed by atoms with Crippen LogP contribution in [0.3, 0.4) is 0 Å². The lowest BCUT2D eigenvalue weighted by atomic mass is 10.1. The number of nitrogens with zero attached hydrogens (tertiary/aromatic N) is 7. The smallest absolute Gasteiger partial charge is 0.246 e. The standard InChI is InChI=1S/C31H38FN7OS/c1-23-3-4-25(27(32)19-23)21-39-22-29(40)35(2)28-20-33-30(34-31(28)39)24-5-7-26(8-6-24)38-13-11-36(12-14-38)9-10-37-15-17-41-18-16-37/h3-8,19-20H,9-18,21-22H2,1-2H3. The zero-order valence-electron chi connectivity index (χ0n) is 23.9. The highest BCUT2D eigenvalue weighted by Gasteiger charge is 2.30. The van der Waals surface area contributed by atoms with E-state index in [1.54, 1.807) is 24.2 Å². The fourth-order valence-corrected chi connectivity index (χ4v) is 6.71. The van der Waals surface area contributed by atoms with Gasteiger partial charge in [-0.15, -0.1) is 0 Å². The number of thioether (sulfide) groups is 1. The van der Waals surface area contributed by atoms with E-state index in [9.17, 15) is 9.18 Å². The van der Waals surface area contributed by atoms with Crippen molar-refractivity contribution in [1.82, 2.24) is 19.8 Å². The summed E-state index contributed by atoms with van der Waals surface area (Å²) in [5.41, 5.74) is 4.15. The molecule has 0 N–H and O–H groups in total. The second-order valence-corrected chi connectivity index (χ2v) is 12.4. The highest BCUT2D eigenvalue weighted by atomic mass is 32.2. The van der Waals surface area contributed by atoms with Crippen molar-refractivity contribution in [2.45, 2.75) is 13.5 Å². The van der Waals surface area contributed by atoms with E-state index in [1.807, 2.05) is 17.9 Å². The van der Waals surface area contributed by atoms with E-state index < -0.39 is 0 Å². The van der Waals surface area contributed by atoms with Crippen LogP contribution in [-0.4, -0.2) is 103 Å². The van der Waals surface area contributed by atoms with Crippen molar-refractivity contribution in [2.75, 3.05) is 92.2 Å². The Morgan fingerprint density at radius 3 is 2.34 bits per heavy atom. The summed E-state index contributed by atoms with van der Waals surface area (Å²) in [6, 6.07) is 13.6. The monoisotopic (exact) mass is 575 g/mol. The molecule has 0 aliphatic carbocycles. The first-order chi connectivity index (χ1) is 19.9. The summed E-state index contributed by atoms with van der Waals surface area (Å²) in [5.74, 6) is 3.42. The minimum Gasteiger partial charge on any atom is -0.369 e. The Balaban J connectivity index is 1.12. The van der Waals surface area contributed by atoms with Crippen molar-refractivity contribution in [2.24, 2.45) is 0 Å². The van der Waals surface area contributed by atoms with E-state index >= 15 is 0 Å². The molecule has 0 saturated carbocycles. The maximum atomic E-state index is 14.7. The molecule has 0 bridgehead atoms. The lowest BCUT2D eigenvalue weighted by Gasteiger charge is -2.37. The first kappa shape index (κ1) is 27.9. The van der Waals surface area contributed by atoms with Crippen LogP contribution in [0.1, 0.15) is 11.1 Å². The molecule has 3 aromatic rings. The minimum atomic E-state index is -0.273. The number of piperazine rings is 1. The molecule has 3 aliphatic rings. The lowest BCUT2D eigenvalue weighted by molar-refractivity contribution is -0.117. The van der Waals surface area contributed by atoms with Gasteiger partial charge in [-0.05, 0) is 42.8 Å². The molecule has 10 heteroatoms. The number of amides is 1. The van der Waals surface area contributed by atoms with Crippen LogP contribution in [0, 0.1) is 12.7 Å². The average Bonchev–Trinajstić information content (AvgIpc) is 3.00. The number of rotatable bonds is 7. The molecule has 1 amide bonds. The fraction of sp³-hybridized carbons (Fsp3) is 0.452. The highest BCUT2D eigenvalue weighted by molar-refractivity contribution is 7.99. The number of aryl methyl sites for hydroxylation is 1. The van der Waals surface area contributed by atoms with Crippen molar-refractivity contribution in [3.8, 4) is 11.4 Å². The Kier molecular flexibility index (Phi) is 8.41. The van der Waals surface area contributed by atoms with Crippen LogP contribution in [0.5, 0.6) is 0 Å². The molecule has 3 aliphatic heterocycles. The van der Waals surface area contributed by atoms with Crippen LogP contribution in [-0.2, 0) is 11.3 Å². The Labute approximate surface area is 246 Å². The van der Waals surface area contributed by atoms with Gasteiger partial charge >= 0.3 is 0 Å². The molecule has 6 rings (SSSR count). The molecule has 41 heavy (non-hydrogen) atoms. The first-order valence-corrected chi connectivity index (χ1v) is 15.6. The van der Waals surface area contributed by atoms with E-state index in [0.29, 0.717) is 22.9 Å². The van der Waals surface area contributed by atoms with Crippen molar-refractivity contribution in [3.63, 3.8) is 0 Å². The fourth-order valence-electron chi connectivity index (χ4n) is 5.73. The Bertz CT molecular complexity index is 1370. The number of benzene rings is 2. The van der Waals surface area contributed by atoms with E-state index in [1.165, 1.54) is 42.9 Å². The van der Waals surface area contributed by atoms with E-state index in [-0.39, 0.29) is 24.8 Å². The third-order valence-corrected chi connectivity index (χ3v) is 9.32. The van der Waals surface area contributed by atoms with E-state index in [2.05, 4.69) is 55.7 Å². The number of fused-ring (bicyclic) bond motifs is 1. The maximum absolute atomic E-state index is 14.7. The largest absolute Gasteiger partial charge is 0.369 e. The zero-order chi connectivity index (χ0) is 28.3. The molecule has 216 valence electrons. The lowest BCUT2D eigenvalue weighted by Crippen LogP contribution is -2.49. The molecule has 2 fully saturated rings. The maximum Gasteiger partial charge on any atom is 0.246 e. The third-order valence-electron chi connectivity index (χ3n) is 8.38. The number of halogens is 1. The Morgan fingerprint density at radius 2 is 1.63 bits per heavy atom. The molecule has 8 nitrogen and oxygen atoms in total. The molecule has 1 aromatic heterocycles. The topological polar surface area (TPSA) is 59.1 Å². The zero-order valence-corrected chi connectivity index (χ0v) is 24.7. The van der Waals surface area contributed by atoms with Gasteiger partial charge in [0.25, 0.3) is 0 Å². The molecule has 4 heterocycles. The number of hydrogen-bond donors (Lipinski definition) is 0. The third kappa shape index (κ3) is 6.34. The minimum absolute atomic E-state index is 0.0728. The molecule has 0 atom stereocenters. The molecular weight excluding hydrogens is 537 g/mol. The molecule has 0 spiro atoms. The van der Waals surface area contributed by atoms with Gasteiger partial charge < -0.3 is 19.6 Å². The average molecular weight is 576 g/mol. The van der Waals surface area contributed by atoms with Crippen LogP contribution in [0.25, 0.3) is 11.4 Å². The van der Waals surface area contributed by atoms with Gasteiger partial charge in [0.1, 0.15) is 11.5 Å². The van der Waals surface area contributed by atoms with Gasteiger partial charge in [-0.2, -0.15) is 11.8 Å². The van der Waals surface area contributed by atoms with Gasteiger partial charge in [0.05, 0.1) is 12.7 Å². The summed E-state index contributed by atoms with van der Waals surface area (Å²) in [5, 5.41) is 0. The number of carbonyl (C=O) groups excluding carboxylic acids is 1. The van der Waals surface area contributed by atoms with Gasteiger partial charge in [-0.25, -0.2) is 14.4 Å². The van der Waals surface area contributed by atoms with Crippen molar-refractivity contribution in [1.29, 1.82) is 0 Å². The quantitative estimate of drug-likeness (QED) is 0.423. The van der Waals surface area contributed by atoms with Crippen molar-refractivity contribution < 1.29 is 9.18 Å². The number of hydrogen-bond acceptors (Lipinski definition) is 8. The van der Waals surface area contributed by atoms with E-state index in [0.717, 1.165) is 43.9 Å². The number of carbonyl (C=O) groups is 1. The van der Waals surface area contributed by atoms with E-state index in [4.69, 9.17) is 4.98 Å². The van der Waals surface area contributed by atoms with Crippen LogP contribution < -0.4 is 14.7 Å². The number of anilines is 3. The Morgan fingerprint density at radius 1 is 0.927 bits per heavy atom. The van der Waals surface area contributed by atoms with Gasteiger partial charge in [-0.3, -0.25) is 9.69 Å². The summed E-state index contributed by atoms with van der Waals surface area (Å²) >= 11 is 2.07. The number of likely N-dealkylation sites (N-methyl/N-ethyl adjacent to an activating group) is 1. The first-order valence-electron chi connectivity index (χ1n) is 14.5. The van der Waals surface area contributed by atoms with Crippen molar-refractivity contribution in [3.05, 3.63) is 65.6 Å². The van der Waals surface area contributed by atoms with Crippen molar-refractivity contribution >= 4 is 34.9 Å². The Hall–Kier alpha value is -3.21. The molecule has 2 aromatic carbocycles. The molecule has 0 unspecified atom stereocenters. The van der Waals surface area contributed by atoms with Crippen LogP contribution in [0.2, 0.25) is 0 Å². The summed E-state index contributed by atoms with van der Waals surface area (Å²) in [6.45, 7) is 11.3. The molecule has 2 saturated heterocycles. The summed E-state index contributed by atoms with van der Waals surface area (Å²) < 4.78 is 14.7. The molecule has 0 radical (unpaired) electrons. The second-order valence-electron chi connectivity index (χ2n) is 11.1. The van der Waals surface area contributed by atoms with Crippen LogP contribution >= 0.6 is 11.8 Å². The normalized spacial score (nSPS) is 18.6. The van der Waals surface area contributed by atoms with Crippen LogP contribution in [0.4, 0.5) is 21.6 Å². The summed E-state index contributed by atoms with van der Waals surface area (Å²) in [4.78, 5) is 33.2. The predicted molar refractivity (Wildman–Crippen MR) is 165 cm³/mol. The second kappa shape index (κ2) is 12.3. The van der Waals surface area contributed by atoms with Gasteiger partial charge in [0, 0.05) is 94.3 Å². The predicted octanol–water partition coefficient (Wildman–Crippen LogP) is 3.74. The summed E-state index contributed by atoms with van der Waals surface area (Å²) in [7, 11) is 1.73. The van der Waals surface area contributed by atoms with Gasteiger partial charge in [-0.1, -0.05) is 12.1 Å².